The Morgan fingerprint density at radius 3 is 2.41 bits per heavy atom. The monoisotopic (exact) mass is 461 g/mol. The Morgan fingerprint density at radius 2 is 1.71 bits per heavy atom. The lowest BCUT2D eigenvalue weighted by Gasteiger charge is -2.35. The minimum Gasteiger partial charge on any atom is -0.482 e. The smallest absolute Gasteiger partial charge is 0.291 e. The van der Waals surface area contributed by atoms with Gasteiger partial charge in [0.05, 0.1) is 12.0 Å². The van der Waals surface area contributed by atoms with E-state index in [1.807, 2.05) is 0 Å². The normalized spacial score (nSPS) is 17.4. The summed E-state index contributed by atoms with van der Waals surface area (Å²) in [6.45, 7) is 5.19. The summed E-state index contributed by atoms with van der Waals surface area (Å²) in [6, 6.07) is 13.3. The van der Waals surface area contributed by atoms with E-state index >= 15 is 0 Å². The van der Waals surface area contributed by atoms with Crippen molar-refractivity contribution in [1.29, 1.82) is 0 Å². The highest BCUT2D eigenvalue weighted by Gasteiger charge is 2.40. The molecule has 0 fully saturated rings. The lowest BCUT2D eigenvalue weighted by Crippen LogP contribution is -2.36. The van der Waals surface area contributed by atoms with Crippen LogP contribution >= 0.6 is 0 Å². The number of anilines is 1. The van der Waals surface area contributed by atoms with E-state index in [4.69, 9.17) is 9.15 Å². The van der Waals surface area contributed by atoms with Gasteiger partial charge in [0, 0.05) is 16.6 Å². The molecule has 0 radical (unpaired) electrons. The van der Waals surface area contributed by atoms with Crippen LogP contribution < -0.4 is 10.1 Å². The van der Waals surface area contributed by atoms with Gasteiger partial charge in [-0.2, -0.15) is 0 Å². The first-order valence-corrected chi connectivity index (χ1v) is 10.8. The number of carbonyl (C=O) groups is 2. The van der Waals surface area contributed by atoms with E-state index in [1.165, 1.54) is 30.3 Å². The van der Waals surface area contributed by atoms with Gasteiger partial charge >= 0.3 is 0 Å². The lowest BCUT2D eigenvalue weighted by molar-refractivity contribution is 0.0507. The van der Waals surface area contributed by atoms with Gasteiger partial charge in [-0.1, -0.05) is 12.1 Å². The molecule has 5 rings (SSSR count). The van der Waals surface area contributed by atoms with Crippen LogP contribution in [0.1, 0.15) is 50.9 Å². The molecule has 1 atom stereocenters. The topological polar surface area (TPSA) is 68.5 Å². The molecule has 1 aliphatic rings. The van der Waals surface area contributed by atoms with Crippen molar-refractivity contribution in [3.63, 3.8) is 0 Å². The molecule has 0 aliphatic carbocycles. The SMILES string of the molecule is Cc1cc(F)ccc1NC(=O)c1oc2ccc3c(c2c1C)C(=O)C[C@](C)(c1ccc(F)cc1)O3. The molecule has 2 heterocycles. The van der Waals surface area contributed by atoms with E-state index < -0.39 is 17.3 Å². The summed E-state index contributed by atoms with van der Waals surface area (Å²) < 4.78 is 38.9. The van der Waals surface area contributed by atoms with Crippen LogP contribution in [0.2, 0.25) is 0 Å². The number of hydrogen-bond donors (Lipinski definition) is 1. The van der Waals surface area contributed by atoms with Gasteiger partial charge in [0.15, 0.2) is 11.5 Å². The second-order valence-electron chi connectivity index (χ2n) is 8.72. The number of ether oxygens (including phenoxy) is 1. The van der Waals surface area contributed by atoms with E-state index in [-0.39, 0.29) is 23.8 Å². The maximum atomic E-state index is 13.4. The van der Waals surface area contributed by atoms with Gasteiger partial charge in [0.1, 0.15) is 28.6 Å². The van der Waals surface area contributed by atoms with Gasteiger partial charge in [-0.25, -0.2) is 8.78 Å². The largest absolute Gasteiger partial charge is 0.482 e. The molecular weight excluding hydrogens is 440 g/mol. The second kappa shape index (κ2) is 7.80. The van der Waals surface area contributed by atoms with Crippen molar-refractivity contribution in [2.75, 3.05) is 5.32 Å². The Balaban J connectivity index is 1.53. The van der Waals surface area contributed by atoms with Crippen LogP contribution in [-0.2, 0) is 5.60 Å². The van der Waals surface area contributed by atoms with Gasteiger partial charge in [0.2, 0.25) is 0 Å². The number of rotatable bonds is 3. The van der Waals surface area contributed by atoms with Crippen molar-refractivity contribution in [2.45, 2.75) is 32.8 Å². The zero-order chi connectivity index (χ0) is 24.2. The van der Waals surface area contributed by atoms with E-state index in [1.54, 1.807) is 45.0 Å². The average Bonchev–Trinajstić information content (AvgIpc) is 3.12. The predicted molar refractivity (Wildman–Crippen MR) is 123 cm³/mol. The minimum atomic E-state index is -0.955. The first-order valence-electron chi connectivity index (χ1n) is 10.8. The summed E-state index contributed by atoms with van der Waals surface area (Å²) in [7, 11) is 0. The fraction of sp³-hybridized carbons (Fsp3) is 0.185. The standard InChI is InChI=1S/C27H21F2NO4/c1-14-12-18(29)8-9-19(14)30-26(32)25-15(2)23-21(33-25)10-11-22-24(23)20(31)13-27(3,34-22)16-4-6-17(28)7-5-16/h4-12H,13H2,1-3H3,(H,30,32)/t27-/m1/s1. The minimum absolute atomic E-state index is 0.0473. The summed E-state index contributed by atoms with van der Waals surface area (Å²) in [5, 5.41) is 3.26. The Hall–Kier alpha value is -4.00. The first-order chi connectivity index (χ1) is 16.2. The first kappa shape index (κ1) is 21.8. The number of amides is 1. The number of furan rings is 1. The molecule has 0 bridgehead atoms. The molecule has 7 heteroatoms. The van der Waals surface area contributed by atoms with Gasteiger partial charge in [-0.15, -0.1) is 0 Å². The highest BCUT2D eigenvalue weighted by molar-refractivity contribution is 6.15. The van der Waals surface area contributed by atoms with Gasteiger partial charge in [-0.05, 0) is 74.4 Å². The number of Topliss-reactive ketones (excluding diaryl/α,β-unsaturated/α-hetero) is 1. The quantitative estimate of drug-likeness (QED) is 0.380. The fourth-order valence-electron chi connectivity index (χ4n) is 4.48. The van der Waals surface area contributed by atoms with Crippen molar-refractivity contribution < 1.29 is 27.5 Å². The molecule has 172 valence electrons. The molecule has 34 heavy (non-hydrogen) atoms. The van der Waals surface area contributed by atoms with Crippen molar-refractivity contribution in [3.05, 3.63) is 94.2 Å². The third-order valence-electron chi connectivity index (χ3n) is 6.27. The molecular formula is C27H21F2NO4. The van der Waals surface area contributed by atoms with Gasteiger partial charge < -0.3 is 14.5 Å². The molecule has 0 unspecified atom stereocenters. The Kier molecular flexibility index (Phi) is 5.01. The zero-order valence-corrected chi connectivity index (χ0v) is 18.8. The third kappa shape index (κ3) is 3.53. The number of halogens is 2. The summed E-state index contributed by atoms with van der Waals surface area (Å²) >= 11 is 0. The highest BCUT2D eigenvalue weighted by Crippen LogP contribution is 2.44. The maximum absolute atomic E-state index is 13.4. The van der Waals surface area contributed by atoms with E-state index in [2.05, 4.69) is 5.32 Å². The Bertz CT molecular complexity index is 1470. The maximum Gasteiger partial charge on any atom is 0.291 e. The molecule has 5 nitrogen and oxygen atoms in total. The molecule has 0 spiro atoms. The number of nitrogens with one attached hydrogen (secondary N) is 1. The van der Waals surface area contributed by atoms with Crippen molar-refractivity contribution in [1.82, 2.24) is 0 Å². The van der Waals surface area contributed by atoms with E-state index in [9.17, 15) is 18.4 Å². The molecule has 4 aromatic rings. The summed E-state index contributed by atoms with van der Waals surface area (Å²) in [4.78, 5) is 26.3. The van der Waals surface area contributed by atoms with Crippen LogP contribution in [0.3, 0.4) is 0 Å². The van der Waals surface area contributed by atoms with Crippen molar-refractivity contribution in [3.8, 4) is 5.75 Å². The number of benzene rings is 3. The Labute approximate surface area is 194 Å². The van der Waals surface area contributed by atoms with Crippen molar-refractivity contribution >= 4 is 28.3 Å². The summed E-state index contributed by atoms with van der Waals surface area (Å²) in [6.07, 6.45) is 0.0473. The molecule has 3 aromatic carbocycles. The average molecular weight is 461 g/mol. The number of fused-ring (bicyclic) bond motifs is 3. The van der Waals surface area contributed by atoms with E-state index in [0.717, 1.165) is 0 Å². The Morgan fingerprint density at radius 1 is 1.00 bits per heavy atom. The molecule has 1 amide bonds. The van der Waals surface area contributed by atoms with Gasteiger partial charge in [-0.3, -0.25) is 9.59 Å². The van der Waals surface area contributed by atoms with Crippen molar-refractivity contribution in [2.24, 2.45) is 0 Å². The van der Waals surface area contributed by atoms with E-state index in [0.29, 0.717) is 44.7 Å². The summed E-state index contributed by atoms with van der Waals surface area (Å²) in [5.41, 5.74) is 2.02. The second-order valence-corrected chi connectivity index (χ2v) is 8.72. The fourth-order valence-corrected chi connectivity index (χ4v) is 4.48. The van der Waals surface area contributed by atoms with Crippen LogP contribution in [0, 0.1) is 25.5 Å². The summed E-state index contributed by atoms with van der Waals surface area (Å²) in [5.74, 6) is -0.991. The third-order valence-corrected chi connectivity index (χ3v) is 6.27. The molecule has 0 saturated heterocycles. The molecule has 0 saturated carbocycles. The van der Waals surface area contributed by atoms with Crippen LogP contribution in [-0.4, -0.2) is 11.7 Å². The van der Waals surface area contributed by atoms with Crippen LogP contribution in [0.25, 0.3) is 11.0 Å². The van der Waals surface area contributed by atoms with Crippen LogP contribution in [0.5, 0.6) is 5.75 Å². The molecule has 1 aromatic heterocycles. The van der Waals surface area contributed by atoms with Crippen LogP contribution in [0.15, 0.2) is 59.0 Å². The predicted octanol–water partition coefficient (Wildman–Crippen LogP) is 6.46. The molecule has 1 aliphatic heterocycles. The number of ketones is 1. The number of carbonyl (C=O) groups excluding carboxylic acids is 2. The van der Waals surface area contributed by atoms with Gasteiger partial charge in [0.25, 0.3) is 5.91 Å². The lowest BCUT2D eigenvalue weighted by atomic mass is 9.84. The van der Waals surface area contributed by atoms with Crippen LogP contribution in [0.4, 0.5) is 14.5 Å². The molecule has 1 N–H and O–H groups in total. The number of hydrogen-bond acceptors (Lipinski definition) is 4. The number of aryl methyl sites for hydroxylation is 2. The zero-order valence-electron chi connectivity index (χ0n) is 18.8. The highest BCUT2D eigenvalue weighted by atomic mass is 19.1.